The lowest BCUT2D eigenvalue weighted by atomic mass is 9.94. The van der Waals surface area contributed by atoms with E-state index in [4.69, 9.17) is 4.52 Å². The molecule has 29 heavy (non-hydrogen) atoms. The van der Waals surface area contributed by atoms with Crippen LogP contribution in [0.4, 0.5) is 0 Å². The van der Waals surface area contributed by atoms with Gasteiger partial charge in [0.1, 0.15) is 0 Å². The summed E-state index contributed by atoms with van der Waals surface area (Å²) in [6.45, 7) is 3.07. The molecule has 0 saturated heterocycles. The van der Waals surface area contributed by atoms with Gasteiger partial charge in [0.2, 0.25) is 5.82 Å². The van der Waals surface area contributed by atoms with E-state index in [9.17, 15) is 4.79 Å². The molecule has 1 amide bonds. The highest BCUT2D eigenvalue weighted by atomic mass is 16.5. The Morgan fingerprint density at radius 2 is 2.07 bits per heavy atom. The minimum absolute atomic E-state index is 0.0279. The van der Waals surface area contributed by atoms with Crippen LogP contribution in [0.15, 0.2) is 53.4 Å². The molecule has 4 aromatic rings. The summed E-state index contributed by atoms with van der Waals surface area (Å²) >= 11 is 0. The van der Waals surface area contributed by atoms with Crippen LogP contribution in [0.5, 0.6) is 0 Å². The molecule has 8 heteroatoms. The number of rotatable bonds is 3. The molecule has 1 aliphatic heterocycles. The van der Waals surface area contributed by atoms with Crippen molar-refractivity contribution in [1.82, 2.24) is 30.2 Å². The van der Waals surface area contributed by atoms with Crippen LogP contribution < -0.4 is 0 Å². The number of amides is 1. The fraction of sp³-hybridized carbons (Fsp3) is 0.190. The average molecular weight is 386 g/mol. The number of benzene rings is 1. The topological polar surface area (TPSA) is 101 Å². The number of carbonyl (C=O) groups excluding carboxylic acids is 1. The number of aromatic nitrogens is 5. The zero-order valence-electron chi connectivity index (χ0n) is 15.8. The summed E-state index contributed by atoms with van der Waals surface area (Å²) in [6, 6.07) is 9.34. The van der Waals surface area contributed by atoms with E-state index in [1.807, 2.05) is 48.4 Å². The van der Waals surface area contributed by atoms with Crippen LogP contribution in [0.25, 0.3) is 22.8 Å². The van der Waals surface area contributed by atoms with Gasteiger partial charge in [-0.25, -0.2) is 0 Å². The smallest absolute Gasteiger partial charge is 0.261 e. The molecule has 8 nitrogen and oxygen atoms in total. The quantitative estimate of drug-likeness (QED) is 0.581. The summed E-state index contributed by atoms with van der Waals surface area (Å²) < 4.78 is 5.41. The molecule has 0 aliphatic carbocycles. The van der Waals surface area contributed by atoms with Gasteiger partial charge in [-0.2, -0.15) is 10.1 Å². The Labute approximate surface area is 166 Å². The summed E-state index contributed by atoms with van der Waals surface area (Å²) in [5, 5.41) is 10.8. The zero-order chi connectivity index (χ0) is 19.8. The van der Waals surface area contributed by atoms with Crippen molar-refractivity contribution >= 4 is 5.91 Å². The SMILES string of the molecule is Cc1ncc2c(c1-c1noc(-c3cn[nH]c3)n1)CCN(C(=O)c1ccccc1)C2. The monoisotopic (exact) mass is 386 g/mol. The van der Waals surface area contributed by atoms with Crippen LogP contribution in [0.1, 0.15) is 27.2 Å². The van der Waals surface area contributed by atoms with Gasteiger partial charge in [-0.05, 0) is 36.6 Å². The van der Waals surface area contributed by atoms with Crippen molar-refractivity contribution in [2.24, 2.45) is 0 Å². The Morgan fingerprint density at radius 1 is 1.21 bits per heavy atom. The van der Waals surface area contributed by atoms with Gasteiger partial charge < -0.3 is 9.42 Å². The predicted molar refractivity (Wildman–Crippen MR) is 105 cm³/mol. The van der Waals surface area contributed by atoms with Crippen molar-refractivity contribution in [3.63, 3.8) is 0 Å². The van der Waals surface area contributed by atoms with E-state index in [-0.39, 0.29) is 5.91 Å². The summed E-state index contributed by atoms with van der Waals surface area (Å²) in [4.78, 5) is 23.7. The Kier molecular flexibility index (Phi) is 4.16. The van der Waals surface area contributed by atoms with Crippen molar-refractivity contribution in [2.45, 2.75) is 19.9 Å². The molecule has 5 rings (SSSR count). The van der Waals surface area contributed by atoms with Crippen LogP contribution in [-0.4, -0.2) is 42.7 Å². The Balaban J connectivity index is 1.48. The predicted octanol–water partition coefficient (Wildman–Crippen LogP) is 3.03. The molecule has 1 aliphatic rings. The normalized spacial score (nSPS) is 13.3. The van der Waals surface area contributed by atoms with Crippen molar-refractivity contribution < 1.29 is 9.32 Å². The summed E-state index contributed by atoms with van der Waals surface area (Å²) in [5.41, 5.74) is 5.28. The molecule has 1 aromatic carbocycles. The lowest BCUT2D eigenvalue weighted by molar-refractivity contribution is 0.0734. The third kappa shape index (κ3) is 3.08. The largest absolute Gasteiger partial charge is 0.334 e. The first-order valence-electron chi connectivity index (χ1n) is 9.35. The van der Waals surface area contributed by atoms with Gasteiger partial charge in [-0.3, -0.25) is 14.9 Å². The summed E-state index contributed by atoms with van der Waals surface area (Å²) in [7, 11) is 0. The number of nitrogens with zero attached hydrogens (tertiary/aromatic N) is 5. The second-order valence-electron chi connectivity index (χ2n) is 6.98. The van der Waals surface area contributed by atoms with E-state index in [1.165, 1.54) is 0 Å². The maximum Gasteiger partial charge on any atom is 0.261 e. The molecular formula is C21H18N6O2. The molecule has 0 spiro atoms. The van der Waals surface area contributed by atoms with Gasteiger partial charge in [0.15, 0.2) is 0 Å². The molecular weight excluding hydrogens is 368 g/mol. The maximum atomic E-state index is 12.8. The van der Waals surface area contributed by atoms with E-state index in [0.717, 1.165) is 27.9 Å². The third-order valence-electron chi connectivity index (χ3n) is 5.16. The first-order valence-corrected chi connectivity index (χ1v) is 9.35. The van der Waals surface area contributed by atoms with Crippen LogP contribution in [-0.2, 0) is 13.0 Å². The molecule has 0 atom stereocenters. The number of hydrogen-bond donors (Lipinski definition) is 1. The fourth-order valence-electron chi connectivity index (χ4n) is 3.69. The minimum Gasteiger partial charge on any atom is -0.334 e. The van der Waals surface area contributed by atoms with Crippen LogP contribution in [0.3, 0.4) is 0 Å². The van der Waals surface area contributed by atoms with Crippen molar-refractivity contribution in [3.05, 3.63) is 71.3 Å². The Bertz CT molecular complexity index is 1170. The van der Waals surface area contributed by atoms with Crippen LogP contribution in [0.2, 0.25) is 0 Å². The number of aromatic amines is 1. The molecule has 4 heterocycles. The van der Waals surface area contributed by atoms with E-state index in [1.54, 1.807) is 12.4 Å². The first-order chi connectivity index (χ1) is 14.2. The second kappa shape index (κ2) is 6.97. The van der Waals surface area contributed by atoms with Crippen molar-refractivity contribution in [3.8, 4) is 22.8 Å². The van der Waals surface area contributed by atoms with Gasteiger partial charge in [-0.15, -0.1) is 0 Å². The molecule has 144 valence electrons. The molecule has 3 aromatic heterocycles. The average Bonchev–Trinajstić information content (AvgIpc) is 3.45. The molecule has 1 N–H and O–H groups in total. The van der Waals surface area contributed by atoms with Crippen LogP contribution >= 0.6 is 0 Å². The Morgan fingerprint density at radius 3 is 2.86 bits per heavy atom. The molecule has 0 saturated carbocycles. The van der Waals surface area contributed by atoms with E-state index >= 15 is 0 Å². The van der Waals surface area contributed by atoms with Gasteiger partial charge >= 0.3 is 0 Å². The molecule has 0 unspecified atom stereocenters. The number of hydrogen-bond acceptors (Lipinski definition) is 6. The molecule has 0 radical (unpaired) electrons. The first kappa shape index (κ1) is 17.3. The van der Waals surface area contributed by atoms with Gasteiger partial charge in [-0.1, -0.05) is 23.4 Å². The third-order valence-corrected chi connectivity index (χ3v) is 5.16. The summed E-state index contributed by atoms with van der Waals surface area (Å²) in [6.07, 6.45) is 5.89. The highest BCUT2D eigenvalue weighted by Gasteiger charge is 2.27. The fourth-order valence-corrected chi connectivity index (χ4v) is 3.69. The molecule has 0 bridgehead atoms. The lowest BCUT2D eigenvalue weighted by Gasteiger charge is -2.30. The van der Waals surface area contributed by atoms with E-state index in [0.29, 0.717) is 36.8 Å². The van der Waals surface area contributed by atoms with Crippen LogP contribution in [0, 0.1) is 6.92 Å². The zero-order valence-corrected chi connectivity index (χ0v) is 15.8. The lowest BCUT2D eigenvalue weighted by Crippen LogP contribution is -2.36. The second-order valence-corrected chi connectivity index (χ2v) is 6.98. The highest BCUT2D eigenvalue weighted by Crippen LogP contribution is 2.32. The highest BCUT2D eigenvalue weighted by molar-refractivity contribution is 5.94. The number of nitrogens with one attached hydrogen (secondary N) is 1. The number of fused-ring (bicyclic) bond motifs is 1. The maximum absolute atomic E-state index is 12.8. The standard InChI is InChI=1S/C21H18N6O2/c1-13-18(19-25-20(29-26-19)15-10-23-24-11-15)17-7-8-27(12-16(17)9-22-13)21(28)14-5-3-2-4-6-14/h2-6,9-11H,7-8,12H2,1H3,(H,23,24). The number of pyridine rings is 1. The number of aryl methyl sites for hydroxylation is 1. The van der Waals surface area contributed by atoms with Crippen molar-refractivity contribution in [2.75, 3.05) is 6.54 Å². The van der Waals surface area contributed by atoms with Crippen molar-refractivity contribution in [1.29, 1.82) is 0 Å². The van der Waals surface area contributed by atoms with Gasteiger partial charge in [0.25, 0.3) is 11.8 Å². The van der Waals surface area contributed by atoms with E-state index in [2.05, 4.69) is 25.3 Å². The Hall–Kier alpha value is -3.81. The van der Waals surface area contributed by atoms with Gasteiger partial charge in [0.05, 0.1) is 11.8 Å². The van der Waals surface area contributed by atoms with Gasteiger partial charge in [0, 0.05) is 42.3 Å². The van der Waals surface area contributed by atoms with E-state index < -0.39 is 0 Å². The molecule has 0 fully saturated rings. The summed E-state index contributed by atoms with van der Waals surface area (Å²) in [5.74, 6) is 0.938. The number of H-pyrrole nitrogens is 1. The number of carbonyl (C=O) groups is 1. The minimum atomic E-state index is 0.0279.